The van der Waals surface area contributed by atoms with E-state index < -0.39 is 11.7 Å². The Hall–Kier alpha value is -3.15. The number of carbonyl (C=O) groups is 3. The van der Waals surface area contributed by atoms with Crippen LogP contribution in [0.15, 0.2) is 48.5 Å². The van der Waals surface area contributed by atoms with Crippen molar-refractivity contribution < 1.29 is 14.4 Å². The Morgan fingerprint density at radius 1 is 0.893 bits per heavy atom. The average molecular weight is 379 g/mol. The summed E-state index contributed by atoms with van der Waals surface area (Å²) in [5.74, 6) is -1.55. The van der Waals surface area contributed by atoms with Crippen LogP contribution in [0.4, 0.5) is 5.69 Å². The third kappa shape index (κ3) is 4.76. The zero-order chi connectivity index (χ0) is 20.1. The Kier molecular flexibility index (Phi) is 6.09. The molecule has 6 nitrogen and oxygen atoms in total. The third-order valence-corrected chi connectivity index (χ3v) is 4.89. The topological polar surface area (TPSA) is 69.7 Å². The SMILES string of the molecule is Cc1cccc(C(=O)C(=O)NCC(=O)N2CCN(c3cccc(C)c3)CC2)c1. The van der Waals surface area contributed by atoms with E-state index in [0.29, 0.717) is 18.7 Å². The summed E-state index contributed by atoms with van der Waals surface area (Å²) in [6, 6.07) is 15.1. The highest BCUT2D eigenvalue weighted by molar-refractivity contribution is 6.43. The Labute approximate surface area is 165 Å². The first-order valence-electron chi connectivity index (χ1n) is 9.42. The maximum atomic E-state index is 12.4. The predicted octanol–water partition coefficient (Wildman–Crippen LogP) is 1.95. The number of aryl methyl sites for hydroxylation is 2. The van der Waals surface area contributed by atoms with Gasteiger partial charge in [0, 0.05) is 37.4 Å². The molecule has 1 N–H and O–H groups in total. The molecule has 1 heterocycles. The number of benzene rings is 2. The van der Waals surface area contributed by atoms with Gasteiger partial charge in [-0.3, -0.25) is 14.4 Å². The van der Waals surface area contributed by atoms with Crippen LogP contribution in [0.3, 0.4) is 0 Å². The molecule has 0 saturated carbocycles. The number of carbonyl (C=O) groups excluding carboxylic acids is 3. The summed E-state index contributed by atoms with van der Waals surface area (Å²) in [4.78, 5) is 40.6. The lowest BCUT2D eigenvalue weighted by Gasteiger charge is -2.36. The van der Waals surface area contributed by atoms with Gasteiger partial charge in [0.2, 0.25) is 11.7 Å². The number of nitrogens with one attached hydrogen (secondary N) is 1. The molecule has 2 amide bonds. The monoisotopic (exact) mass is 379 g/mol. The van der Waals surface area contributed by atoms with Crippen molar-refractivity contribution in [2.24, 2.45) is 0 Å². The van der Waals surface area contributed by atoms with Gasteiger partial charge in [0.25, 0.3) is 5.91 Å². The largest absolute Gasteiger partial charge is 0.368 e. The highest BCUT2D eigenvalue weighted by atomic mass is 16.2. The maximum Gasteiger partial charge on any atom is 0.292 e. The first kappa shape index (κ1) is 19.6. The molecular weight excluding hydrogens is 354 g/mol. The van der Waals surface area contributed by atoms with Crippen LogP contribution in [0.25, 0.3) is 0 Å². The summed E-state index contributed by atoms with van der Waals surface area (Å²) in [6.07, 6.45) is 0. The van der Waals surface area contributed by atoms with Gasteiger partial charge < -0.3 is 15.1 Å². The van der Waals surface area contributed by atoms with Gasteiger partial charge in [-0.2, -0.15) is 0 Å². The fraction of sp³-hybridized carbons (Fsp3) is 0.318. The van der Waals surface area contributed by atoms with E-state index in [1.54, 1.807) is 23.1 Å². The van der Waals surface area contributed by atoms with E-state index in [1.165, 1.54) is 5.56 Å². The quantitative estimate of drug-likeness (QED) is 0.637. The fourth-order valence-electron chi connectivity index (χ4n) is 3.30. The molecule has 1 aliphatic heterocycles. The van der Waals surface area contributed by atoms with Gasteiger partial charge >= 0.3 is 0 Å². The van der Waals surface area contributed by atoms with Crippen LogP contribution in [-0.2, 0) is 9.59 Å². The van der Waals surface area contributed by atoms with E-state index in [2.05, 4.69) is 35.3 Å². The molecular formula is C22H25N3O3. The van der Waals surface area contributed by atoms with E-state index in [9.17, 15) is 14.4 Å². The summed E-state index contributed by atoms with van der Waals surface area (Å²) in [7, 11) is 0. The van der Waals surface area contributed by atoms with Crippen molar-refractivity contribution in [1.82, 2.24) is 10.2 Å². The van der Waals surface area contributed by atoms with Gasteiger partial charge in [0.1, 0.15) is 0 Å². The Morgan fingerprint density at radius 2 is 1.54 bits per heavy atom. The zero-order valence-corrected chi connectivity index (χ0v) is 16.3. The number of nitrogens with zero attached hydrogens (tertiary/aromatic N) is 2. The van der Waals surface area contributed by atoms with Crippen LogP contribution in [0.1, 0.15) is 21.5 Å². The Bertz CT molecular complexity index is 886. The van der Waals surface area contributed by atoms with Gasteiger partial charge in [-0.25, -0.2) is 0 Å². The molecule has 146 valence electrons. The number of piperazine rings is 1. The molecule has 0 aromatic heterocycles. The maximum absolute atomic E-state index is 12.4. The Morgan fingerprint density at radius 3 is 2.18 bits per heavy atom. The lowest BCUT2D eigenvalue weighted by atomic mass is 10.1. The molecule has 28 heavy (non-hydrogen) atoms. The molecule has 1 saturated heterocycles. The number of rotatable bonds is 5. The molecule has 0 spiro atoms. The molecule has 1 fully saturated rings. The zero-order valence-electron chi connectivity index (χ0n) is 16.3. The molecule has 0 unspecified atom stereocenters. The second-order valence-electron chi connectivity index (χ2n) is 7.09. The van der Waals surface area contributed by atoms with Gasteiger partial charge in [-0.05, 0) is 37.6 Å². The predicted molar refractivity (Wildman–Crippen MR) is 108 cm³/mol. The second kappa shape index (κ2) is 8.69. The Balaban J connectivity index is 1.48. The summed E-state index contributed by atoms with van der Waals surface area (Å²) in [5, 5.41) is 2.45. The van der Waals surface area contributed by atoms with Crippen LogP contribution in [0.2, 0.25) is 0 Å². The first-order chi connectivity index (χ1) is 13.4. The molecule has 2 aromatic rings. The molecule has 0 atom stereocenters. The number of hydrogen-bond acceptors (Lipinski definition) is 4. The summed E-state index contributed by atoms with van der Waals surface area (Å²) in [5.41, 5.74) is 3.60. The molecule has 3 rings (SSSR count). The first-order valence-corrected chi connectivity index (χ1v) is 9.42. The van der Waals surface area contributed by atoms with E-state index in [-0.39, 0.29) is 12.5 Å². The molecule has 0 aliphatic carbocycles. The van der Waals surface area contributed by atoms with E-state index in [0.717, 1.165) is 24.3 Å². The minimum atomic E-state index is -0.752. The third-order valence-electron chi connectivity index (χ3n) is 4.89. The van der Waals surface area contributed by atoms with Crippen molar-refractivity contribution >= 4 is 23.3 Å². The minimum Gasteiger partial charge on any atom is -0.368 e. The van der Waals surface area contributed by atoms with Crippen molar-refractivity contribution in [1.29, 1.82) is 0 Å². The van der Waals surface area contributed by atoms with Crippen molar-refractivity contribution in [3.05, 3.63) is 65.2 Å². The van der Waals surface area contributed by atoms with Crippen molar-refractivity contribution in [2.75, 3.05) is 37.6 Å². The minimum absolute atomic E-state index is 0.166. The van der Waals surface area contributed by atoms with E-state index in [4.69, 9.17) is 0 Å². The van der Waals surface area contributed by atoms with Crippen LogP contribution in [0.5, 0.6) is 0 Å². The summed E-state index contributed by atoms with van der Waals surface area (Å²) in [6.45, 7) is 6.42. The number of Topliss-reactive ketones (excluding diaryl/α,β-unsaturated/α-hetero) is 1. The lowest BCUT2D eigenvalue weighted by Crippen LogP contribution is -2.51. The van der Waals surface area contributed by atoms with Crippen molar-refractivity contribution in [3.63, 3.8) is 0 Å². The van der Waals surface area contributed by atoms with Gasteiger partial charge in [-0.1, -0.05) is 35.9 Å². The molecule has 6 heteroatoms. The van der Waals surface area contributed by atoms with Crippen LogP contribution < -0.4 is 10.2 Å². The van der Waals surface area contributed by atoms with Gasteiger partial charge in [0.15, 0.2) is 0 Å². The van der Waals surface area contributed by atoms with Crippen LogP contribution >= 0.6 is 0 Å². The number of anilines is 1. The van der Waals surface area contributed by atoms with Gasteiger partial charge in [-0.15, -0.1) is 0 Å². The second-order valence-corrected chi connectivity index (χ2v) is 7.09. The number of amides is 2. The van der Waals surface area contributed by atoms with Crippen molar-refractivity contribution in [3.8, 4) is 0 Å². The fourth-order valence-corrected chi connectivity index (χ4v) is 3.30. The summed E-state index contributed by atoms with van der Waals surface area (Å²) >= 11 is 0. The number of hydrogen-bond donors (Lipinski definition) is 1. The number of ketones is 1. The van der Waals surface area contributed by atoms with Gasteiger partial charge in [0.05, 0.1) is 6.54 Å². The normalized spacial score (nSPS) is 13.9. The molecule has 0 bridgehead atoms. The molecule has 0 radical (unpaired) electrons. The summed E-state index contributed by atoms with van der Waals surface area (Å²) < 4.78 is 0. The lowest BCUT2D eigenvalue weighted by molar-refractivity contribution is -0.132. The average Bonchev–Trinajstić information content (AvgIpc) is 2.71. The van der Waals surface area contributed by atoms with Crippen molar-refractivity contribution in [2.45, 2.75) is 13.8 Å². The standard InChI is InChI=1S/C22H25N3O3/c1-16-5-3-7-18(13-16)21(27)22(28)23-15-20(26)25-11-9-24(10-12-25)19-8-4-6-17(2)14-19/h3-8,13-14H,9-12,15H2,1-2H3,(H,23,28). The van der Waals surface area contributed by atoms with E-state index >= 15 is 0 Å². The highest BCUT2D eigenvalue weighted by Crippen LogP contribution is 2.17. The highest BCUT2D eigenvalue weighted by Gasteiger charge is 2.23. The van der Waals surface area contributed by atoms with Crippen LogP contribution in [0, 0.1) is 13.8 Å². The molecule has 2 aromatic carbocycles. The smallest absolute Gasteiger partial charge is 0.292 e. The van der Waals surface area contributed by atoms with Crippen LogP contribution in [-0.4, -0.2) is 55.2 Å². The molecule has 1 aliphatic rings. The van der Waals surface area contributed by atoms with E-state index in [1.807, 2.05) is 19.1 Å².